The van der Waals surface area contributed by atoms with Crippen molar-refractivity contribution < 1.29 is 19.4 Å². The average molecular weight is 301 g/mol. The summed E-state index contributed by atoms with van der Waals surface area (Å²) in [6.45, 7) is 0.328. The second-order valence-electron chi connectivity index (χ2n) is 4.38. The summed E-state index contributed by atoms with van der Waals surface area (Å²) in [6.07, 6.45) is 3.06. The molecular formula is C15H15N3O4. The van der Waals surface area contributed by atoms with Crippen molar-refractivity contribution in [3.8, 4) is 5.75 Å². The number of methoxy groups -OCH3 is 1. The van der Waals surface area contributed by atoms with Crippen LogP contribution in [0.1, 0.15) is 26.5 Å². The van der Waals surface area contributed by atoms with Gasteiger partial charge in [-0.05, 0) is 18.1 Å². The summed E-state index contributed by atoms with van der Waals surface area (Å²) in [6, 6.07) is 7.48. The van der Waals surface area contributed by atoms with Crippen LogP contribution in [-0.2, 0) is 6.42 Å². The Bertz CT molecular complexity index is 688. The third-order valence-corrected chi connectivity index (χ3v) is 2.99. The Morgan fingerprint density at radius 2 is 1.86 bits per heavy atom. The highest BCUT2D eigenvalue weighted by molar-refractivity contribution is 6.01. The van der Waals surface area contributed by atoms with Gasteiger partial charge in [-0.3, -0.25) is 4.79 Å². The number of nitrogens with one attached hydrogen (secondary N) is 1. The van der Waals surface area contributed by atoms with Gasteiger partial charge in [-0.2, -0.15) is 0 Å². The van der Waals surface area contributed by atoms with Crippen molar-refractivity contribution in [2.75, 3.05) is 13.7 Å². The summed E-state index contributed by atoms with van der Waals surface area (Å²) in [4.78, 5) is 30.4. The molecule has 7 nitrogen and oxygen atoms in total. The molecule has 0 unspecified atom stereocenters. The fraction of sp³-hybridized carbons (Fsp3) is 0.200. The van der Waals surface area contributed by atoms with E-state index >= 15 is 0 Å². The summed E-state index contributed by atoms with van der Waals surface area (Å²) >= 11 is 0. The van der Waals surface area contributed by atoms with Gasteiger partial charge in [0.05, 0.1) is 7.11 Å². The number of rotatable bonds is 6. The second kappa shape index (κ2) is 7.16. The van der Waals surface area contributed by atoms with E-state index in [0.717, 1.165) is 11.3 Å². The van der Waals surface area contributed by atoms with Crippen molar-refractivity contribution in [2.24, 2.45) is 0 Å². The Morgan fingerprint density at radius 1 is 1.18 bits per heavy atom. The maximum Gasteiger partial charge on any atom is 0.356 e. The maximum atomic E-state index is 12.0. The molecule has 1 aromatic carbocycles. The molecule has 0 fully saturated rings. The molecule has 2 aromatic rings. The highest BCUT2D eigenvalue weighted by Gasteiger charge is 2.18. The van der Waals surface area contributed by atoms with Gasteiger partial charge in [0.25, 0.3) is 5.91 Å². The number of carboxylic acid groups (broad SMARTS) is 1. The third kappa shape index (κ3) is 3.57. The molecule has 7 heteroatoms. The average Bonchev–Trinajstić information content (AvgIpc) is 2.55. The minimum absolute atomic E-state index is 0.199. The van der Waals surface area contributed by atoms with Gasteiger partial charge in [0, 0.05) is 18.9 Å². The Kier molecular flexibility index (Phi) is 5.02. The van der Waals surface area contributed by atoms with Crippen LogP contribution in [0.4, 0.5) is 0 Å². The number of benzene rings is 1. The van der Waals surface area contributed by atoms with E-state index in [1.165, 1.54) is 12.4 Å². The van der Waals surface area contributed by atoms with E-state index in [2.05, 4.69) is 15.3 Å². The van der Waals surface area contributed by atoms with E-state index in [4.69, 9.17) is 9.84 Å². The number of ether oxygens (including phenoxy) is 1. The molecule has 22 heavy (non-hydrogen) atoms. The van der Waals surface area contributed by atoms with Crippen LogP contribution in [0.15, 0.2) is 36.7 Å². The summed E-state index contributed by atoms with van der Waals surface area (Å²) in [7, 11) is 1.58. The molecule has 1 heterocycles. The SMILES string of the molecule is COc1ccccc1CCNC(=O)c1nccnc1C(=O)O. The first-order chi connectivity index (χ1) is 10.6. The van der Waals surface area contributed by atoms with Crippen molar-refractivity contribution in [1.29, 1.82) is 0 Å². The van der Waals surface area contributed by atoms with E-state index in [0.29, 0.717) is 13.0 Å². The normalized spacial score (nSPS) is 10.0. The lowest BCUT2D eigenvalue weighted by Crippen LogP contribution is -2.29. The van der Waals surface area contributed by atoms with Crippen molar-refractivity contribution in [3.05, 3.63) is 53.6 Å². The highest BCUT2D eigenvalue weighted by Crippen LogP contribution is 2.17. The van der Waals surface area contributed by atoms with Gasteiger partial charge in [-0.1, -0.05) is 18.2 Å². The summed E-state index contributed by atoms with van der Waals surface area (Å²) in [5.41, 5.74) is 0.384. The maximum absolute atomic E-state index is 12.0. The monoisotopic (exact) mass is 301 g/mol. The molecule has 0 aliphatic heterocycles. The molecule has 0 aliphatic rings. The van der Waals surface area contributed by atoms with E-state index in [-0.39, 0.29) is 11.4 Å². The van der Waals surface area contributed by atoms with Gasteiger partial charge in [-0.15, -0.1) is 0 Å². The van der Waals surface area contributed by atoms with Crippen LogP contribution in [0.2, 0.25) is 0 Å². The van der Waals surface area contributed by atoms with Gasteiger partial charge >= 0.3 is 5.97 Å². The molecule has 2 rings (SSSR count). The third-order valence-electron chi connectivity index (χ3n) is 2.99. The first-order valence-corrected chi connectivity index (χ1v) is 6.58. The van der Waals surface area contributed by atoms with E-state index in [9.17, 15) is 9.59 Å². The number of nitrogens with zero attached hydrogens (tertiary/aromatic N) is 2. The Morgan fingerprint density at radius 3 is 2.55 bits per heavy atom. The molecule has 0 aliphatic carbocycles. The molecule has 114 valence electrons. The Balaban J connectivity index is 2.00. The Hall–Kier alpha value is -2.96. The first-order valence-electron chi connectivity index (χ1n) is 6.58. The first kappa shape index (κ1) is 15.4. The number of para-hydroxylation sites is 1. The summed E-state index contributed by atoms with van der Waals surface area (Å²) in [5, 5.41) is 11.6. The predicted octanol–water partition coefficient (Wildman–Crippen LogP) is 1.16. The number of hydrogen-bond donors (Lipinski definition) is 2. The molecule has 0 radical (unpaired) electrons. The van der Waals surface area contributed by atoms with Gasteiger partial charge in [-0.25, -0.2) is 14.8 Å². The van der Waals surface area contributed by atoms with Gasteiger partial charge < -0.3 is 15.2 Å². The van der Waals surface area contributed by atoms with Crippen LogP contribution >= 0.6 is 0 Å². The van der Waals surface area contributed by atoms with Crippen LogP contribution in [-0.4, -0.2) is 40.6 Å². The largest absolute Gasteiger partial charge is 0.496 e. The molecular weight excluding hydrogens is 286 g/mol. The standard InChI is InChI=1S/C15H15N3O4/c1-22-11-5-3-2-4-10(11)6-7-18-14(19)12-13(15(20)21)17-9-8-16-12/h2-5,8-9H,6-7H2,1H3,(H,18,19)(H,20,21). The van der Waals surface area contributed by atoms with Crippen molar-refractivity contribution in [3.63, 3.8) is 0 Å². The van der Waals surface area contributed by atoms with E-state index < -0.39 is 11.9 Å². The van der Waals surface area contributed by atoms with Crippen LogP contribution in [0.3, 0.4) is 0 Å². The molecule has 0 saturated heterocycles. The number of carbonyl (C=O) groups is 2. The predicted molar refractivity (Wildman–Crippen MR) is 78.0 cm³/mol. The molecule has 0 atom stereocenters. The van der Waals surface area contributed by atoms with Crippen LogP contribution in [0.25, 0.3) is 0 Å². The Labute approximate surface area is 127 Å². The molecule has 0 bridgehead atoms. The van der Waals surface area contributed by atoms with Gasteiger partial charge in [0.2, 0.25) is 0 Å². The minimum Gasteiger partial charge on any atom is -0.496 e. The zero-order chi connectivity index (χ0) is 15.9. The summed E-state index contributed by atoms with van der Waals surface area (Å²) < 4.78 is 5.23. The number of aromatic carboxylic acids is 1. The number of carboxylic acids is 1. The smallest absolute Gasteiger partial charge is 0.356 e. The molecule has 0 saturated carbocycles. The van der Waals surface area contributed by atoms with Crippen molar-refractivity contribution in [1.82, 2.24) is 15.3 Å². The molecule has 1 aromatic heterocycles. The van der Waals surface area contributed by atoms with Gasteiger partial charge in [0.1, 0.15) is 5.75 Å². The molecule has 0 spiro atoms. The lowest BCUT2D eigenvalue weighted by molar-refractivity contribution is 0.0683. The van der Waals surface area contributed by atoms with Crippen LogP contribution in [0.5, 0.6) is 5.75 Å². The van der Waals surface area contributed by atoms with E-state index in [1.54, 1.807) is 7.11 Å². The van der Waals surface area contributed by atoms with Crippen LogP contribution in [0, 0.1) is 0 Å². The van der Waals surface area contributed by atoms with Crippen molar-refractivity contribution >= 4 is 11.9 Å². The van der Waals surface area contributed by atoms with Crippen molar-refractivity contribution in [2.45, 2.75) is 6.42 Å². The second-order valence-corrected chi connectivity index (χ2v) is 4.38. The lowest BCUT2D eigenvalue weighted by Gasteiger charge is -2.09. The highest BCUT2D eigenvalue weighted by atomic mass is 16.5. The number of amides is 1. The van der Waals surface area contributed by atoms with E-state index in [1.807, 2.05) is 24.3 Å². The number of hydrogen-bond acceptors (Lipinski definition) is 5. The molecule has 2 N–H and O–H groups in total. The molecule has 1 amide bonds. The minimum atomic E-state index is -1.29. The zero-order valence-electron chi connectivity index (χ0n) is 11.9. The van der Waals surface area contributed by atoms with Gasteiger partial charge in [0.15, 0.2) is 11.4 Å². The summed E-state index contributed by atoms with van der Waals surface area (Å²) in [5.74, 6) is -1.12. The van der Waals surface area contributed by atoms with Crippen LogP contribution < -0.4 is 10.1 Å². The number of aromatic nitrogens is 2. The quantitative estimate of drug-likeness (QED) is 0.830. The fourth-order valence-electron chi connectivity index (χ4n) is 1.96. The lowest BCUT2D eigenvalue weighted by atomic mass is 10.1. The number of carbonyl (C=O) groups excluding carboxylic acids is 1. The zero-order valence-corrected chi connectivity index (χ0v) is 11.9. The fourth-order valence-corrected chi connectivity index (χ4v) is 1.96. The topological polar surface area (TPSA) is 101 Å².